The Hall–Kier alpha value is -0.890. The van der Waals surface area contributed by atoms with E-state index < -0.39 is 0 Å². The summed E-state index contributed by atoms with van der Waals surface area (Å²) < 4.78 is 0. The average molecular weight is 302 g/mol. The first-order chi connectivity index (χ1) is 10.3. The van der Waals surface area contributed by atoms with E-state index in [0.717, 1.165) is 24.8 Å². The quantitative estimate of drug-likeness (QED) is 0.777. The summed E-state index contributed by atoms with van der Waals surface area (Å²) in [5.74, 6) is 1.07. The Bertz CT molecular complexity index is 552. The molecular formula is C20H30O2. The van der Waals surface area contributed by atoms with Crippen LogP contribution in [0.1, 0.15) is 66.2 Å². The van der Waals surface area contributed by atoms with Crippen molar-refractivity contribution in [3.05, 3.63) is 22.8 Å². The Kier molecular flexibility index (Phi) is 3.87. The fraction of sp³-hybridized carbons (Fsp3) is 0.750. The maximum absolute atomic E-state index is 12.8. The number of aliphatic hydroxyl groups is 1. The summed E-state index contributed by atoms with van der Waals surface area (Å²) in [5.41, 5.74) is 3.90. The molecule has 22 heavy (non-hydrogen) atoms. The maximum Gasteiger partial charge on any atom is 0.159 e. The number of ketones is 1. The predicted octanol–water partition coefficient (Wildman–Crippen LogP) is 4.44. The number of carbonyl (C=O) groups is 1. The van der Waals surface area contributed by atoms with Gasteiger partial charge in [0.2, 0.25) is 0 Å². The number of allylic oxidation sites excluding steroid dienone is 4. The number of carbonyl (C=O) groups excluding carboxylic acids is 1. The molecule has 122 valence electrons. The lowest BCUT2D eigenvalue weighted by atomic mass is 9.46. The van der Waals surface area contributed by atoms with Crippen molar-refractivity contribution in [1.29, 1.82) is 0 Å². The zero-order valence-electron chi connectivity index (χ0n) is 14.5. The van der Waals surface area contributed by atoms with E-state index in [1.807, 2.05) is 0 Å². The van der Waals surface area contributed by atoms with E-state index in [9.17, 15) is 9.90 Å². The number of Topliss-reactive ketones (excluding diaryl/α,β-unsaturated/α-hetero) is 1. The number of hydrogen-bond donors (Lipinski definition) is 1. The average Bonchev–Trinajstić information content (AvgIpc) is 2.49. The van der Waals surface area contributed by atoms with Gasteiger partial charge in [-0.15, -0.1) is 0 Å². The second kappa shape index (κ2) is 5.33. The summed E-state index contributed by atoms with van der Waals surface area (Å²) in [7, 11) is 0. The summed E-state index contributed by atoms with van der Waals surface area (Å²) in [5, 5.41) is 9.97. The van der Waals surface area contributed by atoms with Crippen LogP contribution in [0.4, 0.5) is 0 Å². The molecule has 0 amide bonds. The lowest BCUT2D eigenvalue weighted by Crippen LogP contribution is -2.54. The summed E-state index contributed by atoms with van der Waals surface area (Å²) in [4.78, 5) is 12.8. The number of aliphatic hydroxyl groups excluding tert-OH is 1. The molecule has 0 aromatic carbocycles. The van der Waals surface area contributed by atoms with Crippen LogP contribution in [0, 0.1) is 22.7 Å². The molecular weight excluding hydrogens is 272 g/mol. The summed E-state index contributed by atoms with van der Waals surface area (Å²) in [6.07, 6.45) is 8.48. The third-order valence-electron chi connectivity index (χ3n) is 7.02. The molecule has 0 heterocycles. The van der Waals surface area contributed by atoms with Gasteiger partial charge in [-0.3, -0.25) is 4.79 Å². The molecule has 2 saturated carbocycles. The van der Waals surface area contributed by atoms with Crippen LogP contribution in [0.25, 0.3) is 0 Å². The van der Waals surface area contributed by atoms with Crippen molar-refractivity contribution in [3.63, 3.8) is 0 Å². The summed E-state index contributed by atoms with van der Waals surface area (Å²) in [6.45, 7) is 9.10. The third kappa shape index (κ3) is 2.22. The minimum absolute atomic E-state index is 0.0784. The number of rotatable bonds is 1. The van der Waals surface area contributed by atoms with Gasteiger partial charge in [0.1, 0.15) is 0 Å². The largest absolute Gasteiger partial charge is 0.396 e. The van der Waals surface area contributed by atoms with E-state index in [1.165, 1.54) is 24.0 Å². The highest BCUT2D eigenvalue weighted by molar-refractivity contribution is 5.98. The van der Waals surface area contributed by atoms with Gasteiger partial charge in [-0.05, 0) is 73.3 Å². The first-order valence-electron chi connectivity index (χ1n) is 8.84. The van der Waals surface area contributed by atoms with Gasteiger partial charge in [0.15, 0.2) is 5.78 Å². The van der Waals surface area contributed by atoms with E-state index in [4.69, 9.17) is 0 Å². The molecule has 0 bridgehead atoms. The Morgan fingerprint density at radius 3 is 2.68 bits per heavy atom. The number of fused-ring (bicyclic) bond motifs is 3. The van der Waals surface area contributed by atoms with Gasteiger partial charge < -0.3 is 5.11 Å². The van der Waals surface area contributed by atoms with Crippen molar-refractivity contribution in [3.8, 4) is 0 Å². The van der Waals surface area contributed by atoms with E-state index in [-0.39, 0.29) is 17.4 Å². The Morgan fingerprint density at radius 1 is 1.32 bits per heavy atom. The van der Waals surface area contributed by atoms with Gasteiger partial charge in [-0.1, -0.05) is 31.9 Å². The Morgan fingerprint density at radius 2 is 2.05 bits per heavy atom. The molecule has 0 radical (unpaired) electrons. The first kappa shape index (κ1) is 16.0. The molecule has 2 fully saturated rings. The monoisotopic (exact) mass is 302 g/mol. The van der Waals surface area contributed by atoms with Crippen molar-refractivity contribution in [2.45, 2.75) is 66.2 Å². The van der Waals surface area contributed by atoms with Crippen molar-refractivity contribution in [1.82, 2.24) is 0 Å². The van der Waals surface area contributed by atoms with Crippen LogP contribution in [0.2, 0.25) is 0 Å². The lowest BCUT2D eigenvalue weighted by Gasteiger charge is -2.58. The van der Waals surface area contributed by atoms with Gasteiger partial charge in [0, 0.05) is 13.0 Å². The molecule has 3 aliphatic carbocycles. The van der Waals surface area contributed by atoms with E-state index in [2.05, 4.69) is 33.8 Å². The molecule has 0 unspecified atom stereocenters. The molecule has 3 rings (SSSR count). The highest BCUT2D eigenvalue weighted by Crippen LogP contribution is 2.62. The second-order valence-electron chi connectivity index (χ2n) is 8.57. The topological polar surface area (TPSA) is 37.3 Å². The molecule has 0 aromatic rings. The molecule has 0 spiro atoms. The molecule has 2 nitrogen and oxygen atoms in total. The molecule has 0 saturated heterocycles. The fourth-order valence-corrected chi connectivity index (χ4v) is 5.58. The predicted molar refractivity (Wildman–Crippen MR) is 89.4 cm³/mol. The zero-order valence-corrected chi connectivity index (χ0v) is 14.5. The van der Waals surface area contributed by atoms with Crippen molar-refractivity contribution in [2.24, 2.45) is 22.7 Å². The van der Waals surface area contributed by atoms with Crippen molar-refractivity contribution >= 4 is 5.78 Å². The molecule has 1 N–H and O–H groups in total. The second-order valence-corrected chi connectivity index (χ2v) is 8.57. The van der Waals surface area contributed by atoms with E-state index in [1.54, 1.807) is 0 Å². The SMILES string of the molecule is CC(C)=C1C=C2C(=O)C[C@@H]3[C@@](C)(CO)CCC[C@@]3(C)[C@@H]2CC1. The lowest BCUT2D eigenvalue weighted by molar-refractivity contribution is -0.134. The van der Waals surface area contributed by atoms with E-state index in [0.29, 0.717) is 24.0 Å². The Balaban J connectivity index is 2.04. The standard InChI is InChI=1S/C20H30O2/c1-13(2)14-6-7-16-15(10-14)17(22)11-18-19(3,12-21)8-5-9-20(16,18)4/h10,16,18,21H,5-9,11-12H2,1-4H3/t16-,18-,19-,20+/m1/s1. The maximum atomic E-state index is 12.8. The van der Waals surface area contributed by atoms with Gasteiger partial charge in [-0.2, -0.15) is 0 Å². The smallest absolute Gasteiger partial charge is 0.159 e. The molecule has 2 heteroatoms. The van der Waals surface area contributed by atoms with Crippen LogP contribution in [-0.2, 0) is 4.79 Å². The molecule has 0 aromatic heterocycles. The van der Waals surface area contributed by atoms with Crippen molar-refractivity contribution < 1.29 is 9.90 Å². The minimum atomic E-state index is -0.0784. The molecule has 3 aliphatic rings. The molecule has 0 aliphatic heterocycles. The third-order valence-corrected chi connectivity index (χ3v) is 7.02. The van der Waals surface area contributed by atoms with Crippen LogP contribution in [0.5, 0.6) is 0 Å². The molecule has 4 atom stereocenters. The van der Waals surface area contributed by atoms with Crippen LogP contribution >= 0.6 is 0 Å². The highest BCUT2D eigenvalue weighted by Gasteiger charge is 2.57. The van der Waals surface area contributed by atoms with Gasteiger partial charge in [-0.25, -0.2) is 0 Å². The van der Waals surface area contributed by atoms with Gasteiger partial charge >= 0.3 is 0 Å². The first-order valence-corrected chi connectivity index (χ1v) is 8.84. The summed E-state index contributed by atoms with van der Waals surface area (Å²) >= 11 is 0. The summed E-state index contributed by atoms with van der Waals surface area (Å²) in [6, 6.07) is 0. The van der Waals surface area contributed by atoms with E-state index >= 15 is 0 Å². The normalized spacial score (nSPS) is 41.6. The zero-order chi connectivity index (χ0) is 16.1. The van der Waals surface area contributed by atoms with Gasteiger partial charge in [0.05, 0.1) is 0 Å². The number of hydrogen-bond acceptors (Lipinski definition) is 2. The Labute approximate surface area is 134 Å². The van der Waals surface area contributed by atoms with Crippen LogP contribution in [0.3, 0.4) is 0 Å². The minimum Gasteiger partial charge on any atom is -0.396 e. The van der Waals surface area contributed by atoms with Crippen LogP contribution in [0.15, 0.2) is 22.8 Å². The van der Waals surface area contributed by atoms with Crippen LogP contribution < -0.4 is 0 Å². The highest BCUT2D eigenvalue weighted by atomic mass is 16.3. The fourth-order valence-electron chi connectivity index (χ4n) is 5.58. The van der Waals surface area contributed by atoms with Crippen LogP contribution in [-0.4, -0.2) is 17.5 Å². The van der Waals surface area contributed by atoms with Gasteiger partial charge in [0.25, 0.3) is 0 Å². The van der Waals surface area contributed by atoms with Crippen molar-refractivity contribution in [2.75, 3.05) is 6.61 Å².